The summed E-state index contributed by atoms with van der Waals surface area (Å²) < 4.78 is 0. The lowest BCUT2D eigenvalue weighted by molar-refractivity contribution is 0.458. The highest BCUT2D eigenvalue weighted by atomic mass is 14.9. The van der Waals surface area contributed by atoms with E-state index >= 15 is 0 Å². The molecule has 0 saturated carbocycles. The highest BCUT2D eigenvalue weighted by Crippen LogP contribution is 2.03. The molecule has 0 aromatic rings. The van der Waals surface area contributed by atoms with E-state index in [1.807, 2.05) is 6.92 Å². The molecule has 0 aromatic carbocycles. The first-order valence-corrected chi connectivity index (χ1v) is 5.48. The summed E-state index contributed by atoms with van der Waals surface area (Å²) in [5.74, 6) is 5.98. The van der Waals surface area contributed by atoms with Gasteiger partial charge < -0.3 is 5.32 Å². The van der Waals surface area contributed by atoms with Crippen molar-refractivity contribution >= 4 is 0 Å². The fourth-order valence-electron chi connectivity index (χ4n) is 1.36. The molecule has 0 heterocycles. The van der Waals surface area contributed by atoms with Gasteiger partial charge in [0.1, 0.15) is 0 Å². The minimum absolute atomic E-state index is 0.707. The Morgan fingerprint density at radius 1 is 1.31 bits per heavy atom. The fraction of sp³-hybridized carbons (Fsp3) is 0.833. The molecule has 13 heavy (non-hydrogen) atoms. The number of hydrogen-bond donors (Lipinski definition) is 1. The maximum Gasteiger partial charge on any atom is 0.0214 e. The van der Waals surface area contributed by atoms with Gasteiger partial charge in [-0.25, -0.2) is 0 Å². The van der Waals surface area contributed by atoms with Gasteiger partial charge in [0, 0.05) is 19.0 Å². The van der Waals surface area contributed by atoms with E-state index in [4.69, 9.17) is 0 Å². The third-order valence-electron chi connectivity index (χ3n) is 2.26. The number of unbranched alkanes of at least 4 members (excludes halogenated alkanes) is 1. The molecule has 0 aliphatic carbocycles. The minimum atomic E-state index is 0.707. The van der Waals surface area contributed by atoms with E-state index in [-0.39, 0.29) is 0 Å². The van der Waals surface area contributed by atoms with Gasteiger partial charge in [-0.15, -0.1) is 11.8 Å². The predicted octanol–water partition coefficient (Wildman–Crippen LogP) is 2.96. The van der Waals surface area contributed by atoms with Gasteiger partial charge in [-0.3, -0.25) is 0 Å². The second-order valence-electron chi connectivity index (χ2n) is 3.38. The molecule has 0 saturated heterocycles. The molecule has 0 fully saturated rings. The van der Waals surface area contributed by atoms with Crippen LogP contribution in [0.2, 0.25) is 0 Å². The molecule has 0 aromatic heterocycles. The molecular weight excluding hydrogens is 158 g/mol. The monoisotopic (exact) mass is 181 g/mol. The third-order valence-corrected chi connectivity index (χ3v) is 2.26. The lowest BCUT2D eigenvalue weighted by Crippen LogP contribution is -2.29. The Labute approximate surface area is 83.3 Å². The zero-order valence-electron chi connectivity index (χ0n) is 9.32. The van der Waals surface area contributed by atoms with Crippen molar-refractivity contribution in [2.24, 2.45) is 0 Å². The molecule has 0 bridgehead atoms. The maximum absolute atomic E-state index is 3.54. The lowest BCUT2D eigenvalue weighted by Gasteiger charge is -2.15. The molecule has 0 radical (unpaired) electrons. The van der Waals surface area contributed by atoms with E-state index in [0.29, 0.717) is 6.04 Å². The Hall–Kier alpha value is -0.480. The average molecular weight is 181 g/mol. The first-order valence-electron chi connectivity index (χ1n) is 5.48. The van der Waals surface area contributed by atoms with E-state index in [9.17, 15) is 0 Å². The number of rotatable bonds is 7. The normalized spacial score (nSPS) is 11.9. The van der Waals surface area contributed by atoms with Gasteiger partial charge in [-0.05, 0) is 19.8 Å². The summed E-state index contributed by atoms with van der Waals surface area (Å²) in [5.41, 5.74) is 0. The van der Waals surface area contributed by atoms with E-state index < -0.39 is 0 Å². The standard InChI is InChI=1S/C12H23N/c1-4-7-9-11-13-12(6-3)10-8-5-2/h12-13H,5-6,8-11H2,1-3H3. The smallest absolute Gasteiger partial charge is 0.0214 e. The van der Waals surface area contributed by atoms with Gasteiger partial charge in [0.25, 0.3) is 0 Å². The van der Waals surface area contributed by atoms with Crippen molar-refractivity contribution in [3.05, 3.63) is 0 Å². The topological polar surface area (TPSA) is 12.0 Å². The first kappa shape index (κ1) is 12.5. The maximum atomic E-state index is 3.54. The van der Waals surface area contributed by atoms with Crippen LogP contribution < -0.4 is 5.32 Å². The lowest BCUT2D eigenvalue weighted by atomic mass is 10.1. The third kappa shape index (κ3) is 7.87. The van der Waals surface area contributed by atoms with E-state index in [2.05, 4.69) is 31.0 Å². The van der Waals surface area contributed by atoms with Crippen LogP contribution in [-0.2, 0) is 0 Å². The fourth-order valence-corrected chi connectivity index (χ4v) is 1.36. The molecule has 1 atom stereocenters. The Kier molecular flexibility index (Phi) is 9.25. The molecule has 0 spiro atoms. The molecule has 1 nitrogen and oxygen atoms in total. The van der Waals surface area contributed by atoms with Crippen LogP contribution in [0.1, 0.15) is 52.9 Å². The Morgan fingerprint density at radius 2 is 2.08 bits per heavy atom. The number of nitrogens with one attached hydrogen (secondary N) is 1. The first-order chi connectivity index (χ1) is 6.35. The molecular formula is C12H23N. The summed E-state index contributed by atoms with van der Waals surface area (Å²) >= 11 is 0. The van der Waals surface area contributed by atoms with E-state index in [0.717, 1.165) is 13.0 Å². The largest absolute Gasteiger partial charge is 0.313 e. The van der Waals surface area contributed by atoms with Crippen molar-refractivity contribution in [1.29, 1.82) is 0 Å². The summed E-state index contributed by atoms with van der Waals surface area (Å²) in [6.07, 6.45) is 6.17. The predicted molar refractivity (Wildman–Crippen MR) is 59.7 cm³/mol. The second-order valence-corrected chi connectivity index (χ2v) is 3.38. The summed E-state index contributed by atoms with van der Waals surface area (Å²) in [5, 5.41) is 3.54. The van der Waals surface area contributed by atoms with Crippen molar-refractivity contribution in [2.75, 3.05) is 6.54 Å². The van der Waals surface area contributed by atoms with Crippen LogP contribution in [0.4, 0.5) is 0 Å². The highest BCUT2D eigenvalue weighted by Gasteiger charge is 2.02. The van der Waals surface area contributed by atoms with Gasteiger partial charge in [0.15, 0.2) is 0 Å². The SMILES string of the molecule is CC#CCCNC(CC)CCCC. The van der Waals surface area contributed by atoms with Gasteiger partial charge in [0.2, 0.25) is 0 Å². The molecule has 1 N–H and O–H groups in total. The summed E-state index contributed by atoms with van der Waals surface area (Å²) in [4.78, 5) is 0. The molecule has 1 heteroatoms. The van der Waals surface area contributed by atoms with Crippen LogP contribution in [0.5, 0.6) is 0 Å². The summed E-state index contributed by atoms with van der Waals surface area (Å²) in [6.45, 7) is 7.44. The minimum Gasteiger partial charge on any atom is -0.313 e. The van der Waals surface area contributed by atoms with Crippen molar-refractivity contribution in [2.45, 2.75) is 58.9 Å². The quantitative estimate of drug-likeness (QED) is 0.470. The van der Waals surface area contributed by atoms with Gasteiger partial charge in [-0.2, -0.15) is 0 Å². The Bertz CT molecular complexity index is 152. The van der Waals surface area contributed by atoms with Crippen molar-refractivity contribution in [3.63, 3.8) is 0 Å². The van der Waals surface area contributed by atoms with Crippen LogP contribution >= 0.6 is 0 Å². The zero-order valence-corrected chi connectivity index (χ0v) is 9.32. The van der Waals surface area contributed by atoms with Crippen LogP contribution in [0.15, 0.2) is 0 Å². The summed E-state index contributed by atoms with van der Waals surface area (Å²) in [7, 11) is 0. The highest BCUT2D eigenvalue weighted by molar-refractivity contribution is 4.95. The van der Waals surface area contributed by atoms with Gasteiger partial charge in [0.05, 0.1) is 0 Å². The van der Waals surface area contributed by atoms with Crippen molar-refractivity contribution in [3.8, 4) is 11.8 Å². The average Bonchev–Trinajstić information content (AvgIpc) is 2.17. The molecule has 0 aliphatic rings. The summed E-state index contributed by atoms with van der Waals surface area (Å²) in [6, 6.07) is 0.707. The molecule has 0 aliphatic heterocycles. The second kappa shape index (κ2) is 9.61. The van der Waals surface area contributed by atoms with Gasteiger partial charge >= 0.3 is 0 Å². The van der Waals surface area contributed by atoms with E-state index in [1.54, 1.807) is 0 Å². The van der Waals surface area contributed by atoms with E-state index in [1.165, 1.54) is 25.7 Å². The molecule has 0 rings (SSSR count). The Morgan fingerprint density at radius 3 is 2.62 bits per heavy atom. The van der Waals surface area contributed by atoms with Crippen LogP contribution in [0, 0.1) is 11.8 Å². The van der Waals surface area contributed by atoms with Crippen LogP contribution in [0.3, 0.4) is 0 Å². The van der Waals surface area contributed by atoms with Crippen molar-refractivity contribution in [1.82, 2.24) is 5.32 Å². The van der Waals surface area contributed by atoms with Crippen molar-refractivity contribution < 1.29 is 0 Å². The number of hydrogen-bond acceptors (Lipinski definition) is 1. The van der Waals surface area contributed by atoms with Crippen LogP contribution in [-0.4, -0.2) is 12.6 Å². The zero-order chi connectivity index (χ0) is 9.94. The Balaban J connectivity index is 3.39. The van der Waals surface area contributed by atoms with Gasteiger partial charge in [-0.1, -0.05) is 26.7 Å². The molecule has 76 valence electrons. The molecule has 1 unspecified atom stereocenters. The van der Waals surface area contributed by atoms with Crippen LogP contribution in [0.25, 0.3) is 0 Å². The molecule has 0 amide bonds.